The first-order chi connectivity index (χ1) is 7.18. The van der Waals surface area contributed by atoms with Gasteiger partial charge in [-0.15, -0.1) is 0 Å². The summed E-state index contributed by atoms with van der Waals surface area (Å²) in [6, 6.07) is 6.12. The first-order valence-corrected chi connectivity index (χ1v) is 4.13. The number of nitro groups is 1. The second-order valence-electron chi connectivity index (χ2n) is 2.91. The third-order valence-electron chi connectivity index (χ3n) is 1.97. The number of nitro benzene ring substituents is 1. The highest BCUT2D eigenvalue weighted by molar-refractivity contribution is 5.73. The molecule has 76 valence electrons. The summed E-state index contributed by atoms with van der Waals surface area (Å²) in [5.41, 5.74) is 6.68. The second-order valence-corrected chi connectivity index (χ2v) is 2.91. The van der Waals surface area contributed by atoms with E-state index in [-0.39, 0.29) is 11.6 Å². The molecule has 2 aromatic rings. The molecule has 0 saturated heterocycles. The number of hydrogen-bond acceptors (Lipinski definition) is 5. The maximum atomic E-state index is 10.5. The Kier molecular flexibility index (Phi) is 2.09. The molecule has 0 amide bonds. The van der Waals surface area contributed by atoms with Crippen molar-refractivity contribution in [2.24, 2.45) is 0 Å². The number of benzene rings is 1. The van der Waals surface area contributed by atoms with Gasteiger partial charge >= 0.3 is 0 Å². The van der Waals surface area contributed by atoms with Crippen LogP contribution in [0.1, 0.15) is 0 Å². The maximum Gasteiger partial charge on any atom is 0.270 e. The molecule has 0 spiro atoms. The second kappa shape index (κ2) is 3.41. The van der Waals surface area contributed by atoms with E-state index in [2.05, 4.69) is 9.68 Å². The number of anilines is 1. The first kappa shape index (κ1) is 9.20. The van der Waals surface area contributed by atoms with Crippen molar-refractivity contribution in [2.45, 2.75) is 0 Å². The molecule has 0 bridgehead atoms. The van der Waals surface area contributed by atoms with Crippen molar-refractivity contribution in [2.75, 3.05) is 5.73 Å². The fourth-order valence-corrected chi connectivity index (χ4v) is 1.25. The van der Waals surface area contributed by atoms with Gasteiger partial charge in [-0.3, -0.25) is 10.1 Å². The van der Waals surface area contributed by atoms with E-state index in [0.29, 0.717) is 11.1 Å². The van der Waals surface area contributed by atoms with Crippen LogP contribution in [-0.4, -0.2) is 10.1 Å². The zero-order chi connectivity index (χ0) is 10.8. The topological polar surface area (TPSA) is 95.2 Å². The number of hydrogen-bond donors (Lipinski definition) is 1. The number of rotatable bonds is 2. The number of non-ortho nitro benzene ring substituents is 1. The molecule has 6 nitrogen and oxygen atoms in total. The standard InChI is InChI=1S/C9H7N3O3/c10-9-8(5-11-15-9)6-2-1-3-7(4-6)12(13)14/h1-5H,10H2. The normalized spacial score (nSPS) is 10.1. The van der Waals surface area contributed by atoms with E-state index in [9.17, 15) is 10.1 Å². The van der Waals surface area contributed by atoms with Gasteiger partial charge in [0, 0.05) is 12.1 Å². The zero-order valence-electron chi connectivity index (χ0n) is 7.58. The molecule has 6 heteroatoms. The average molecular weight is 205 g/mol. The highest BCUT2D eigenvalue weighted by Gasteiger charge is 2.11. The van der Waals surface area contributed by atoms with Gasteiger partial charge in [-0.05, 0) is 5.56 Å². The van der Waals surface area contributed by atoms with Crippen LogP contribution in [-0.2, 0) is 0 Å². The third-order valence-corrected chi connectivity index (χ3v) is 1.97. The summed E-state index contributed by atoms with van der Waals surface area (Å²) in [6.07, 6.45) is 1.42. The summed E-state index contributed by atoms with van der Waals surface area (Å²) in [5.74, 6) is 0.149. The van der Waals surface area contributed by atoms with Crippen LogP contribution >= 0.6 is 0 Å². The van der Waals surface area contributed by atoms with E-state index in [4.69, 9.17) is 5.73 Å². The maximum absolute atomic E-state index is 10.5. The van der Waals surface area contributed by atoms with Crippen LogP contribution in [0.25, 0.3) is 11.1 Å². The Labute approximate surface area is 84.4 Å². The average Bonchev–Trinajstić information content (AvgIpc) is 2.64. The molecular weight excluding hydrogens is 198 g/mol. The fraction of sp³-hybridized carbons (Fsp3) is 0. The highest BCUT2D eigenvalue weighted by atomic mass is 16.6. The summed E-state index contributed by atoms with van der Waals surface area (Å²) >= 11 is 0. The molecule has 1 heterocycles. The molecule has 2 rings (SSSR count). The lowest BCUT2D eigenvalue weighted by molar-refractivity contribution is -0.384. The van der Waals surface area contributed by atoms with Gasteiger partial charge < -0.3 is 10.3 Å². The molecule has 0 aliphatic carbocycles. The van der Waals surface area contributed by atoms with Crippen molar-refractivity contribution < 1.29 is 9.45 Å². The minimum Gasteiger partial charge on any atom is -0.367 e. The van der Waals surface area contributed by atoms with Crippen LogP contribution in [0.5, 0.6) is 0 Å². The Hall–Kier alpha value is -2.37. The molecule has 0 fully saturated rings. The number of aromatic nitrogens is 1. The molecule has 0 unspecified atom stereocenters. The Bertz CT molecular complexity index is 507. The van der Waals surface area contributed by atoms with Crippen LogP contribution < -0.4 is 5.73 Å². The molecule has 0 radical (unpaired) electrons. The van der Waals surface area contributed by atoms with Crippen molar-refractivity contribution in [3.05, 3.63) is 40.6 Å². The monoisotopic (exact) mass is 205 g/mol. The van der Waals surface area contributed by atoms with Gasteiger partial charge in [0.15, 0.2) is 0 Å². The summed E-state index contributed by atoms with van der Waals surface area (Å²) < 4.78 is 4.68. The molecule has 0 atom stereocenters. The van der Waals surface area contributed by atoms with E-state index in [1.54, 1.807) is 12.1 Å². The van der Waals surface area contributed by atoms with Crippen molar-refractivity contribution in [3.63, 3.8) is 0 Å². The molecule has 15 heavy (non-hydrogen) atoms. The minimum atomic E-state index is -0.465. The van der Waals surface area contributed by atoms with Gasteiger partial charge in [0.1, 0.15) is 0 Å². The van der Waals surface area contributed by atoms with Gasteiger partial charge in [-0.1, -0.05) is 17.3 Å². The van der Waals surface area contributed by atoms with E-state index < -0.39 is 4.92 Å². The van der Waals surface area contributed by atoms with Gasteiger partial charge in [-0.2, -0.15) is 0 Å². The summed E-state index contributed by atoms with van der Waals surface area (Å²) in [4.78, 5) is 10.1. The molecule has 1 aromatic heterocycles. The molecular formula is C9H7N3O3. The fourth-order valence-electron chi connectivity index (χ4n) is 1.25. The van der Waals surface area contributed by atoms with E-state index in [1.165, 1.54) is 18.3 Å². The van der Waals surface area contributed by atoms with E-state index in [0.717, 1.165) is 0 Å². The van der Waals surface area contributed by atoms with Crippen molar-refractivity contribution in [3.8, 4) is 11.1 Å². The van der Waals surface area contributed by atoms with Crippen LogP contribution in [0.2, 0.25) is 0 Å². The predicted octanol–water partition coefficient (Wildman–Crippen LogP) is 1.83. The van der Waals surface area contributed by atoms with Gasteiger partial charge in [0.25, 0.3) is 5.69 Å². The predicted molar refractivity (Wildman–Crippen MR) is 53.0 cm³/mol. The van der Waals surface area contributed by atoms with Crippen molar-refractivity contribution in [1.29, 1.82) is 0 Å². The van der Waals surface area contributed by atoms with Crippen LogP contribution in [0.15, 0.2) is 35.0 Å². The Morgan fingerprint density at radius 3 is 2.87 bits per heavy atom. The van der Waals surface area contributed by atoms with Crippen LogP contribution in [0.3, 0.4) is 0 Å². The quantitative estimate of drug-likeness (QED) is 0.596. The highest BCUT2D eigenvalue weighted by Crippen LogP contribution is 2.27. The number of nitrogens with zero attached hydrogens (tertiary/aromatic N) is 2. The lowest BCUT2D eigenvalue weighted by Crippen LogP contribution is -1.89. The SMILES string of the molecule is Nc1oncc1-c1cccc([N+](=O)[O-])c1. The Morgan fingerprint density at radius 1 is 1.47 bits per heavy atom. The van der Waals surface area contributed by atoms with Crippen LogP contribution in [0.4, 0.5) is 11.6 Å². The van der Waals surface area contributed by atoms with Crippen LogP contribution in [0, 0.1) is 10.1 Å². The molecule has 1 aromatic carbocycles. The first-order valence-electron chi connectivity index (χ1n) is 4.13. The molecule has 2 N–H and O–H groups in total. The Balaban J connectivity index is 2.50. The summed E-state index contributed by atoms with van der Waals surface area (Å²) in [6.45, 7) is 0. The van der Waals surface area contributed by atoms with E-state index in [1.807, 2.05) is 0 Å². The largest absolute Gasteiger partial charge is 0.367 e. The zero-order valence-corrected chi connectivity index (χ0v) is 7.58. The minimum absolute atomic E-state index is 0.00750. The summed E-state index contributed by atoms with van der Waals surface area (Å²) in [5, 5.41) is 14.0. The smallest absolute Gasteiger partial charge is 0.270 e. The van der Waals surface area contributed by atoms with E-state index >= 15 is 0 Å². The van der Waals surface area contributed by atoms with Gasteiger partial charge in [0.2, 0.25) is 5.88 Å². The number of nitrogens with two attached hydrogens (primary N) is 1. The summed E-state index contributed by atoms with van der Waals surface area (Å²) in [7, 11) is 0. The Morgan fingerprint density at radius 2 is 2.27 bits per heavy atom. The molecule has 0 aliphatic rings. The lowest BCUT2D eigenvalue weighted by atomic mass is 10.1. The van der Waals surface area contributed by atoms with Crippen molar-refractivity contribution in [1.82, 2.24) is 5.16 Å². The van der Waals surface area contributed by atoms with Gasteiger partial charge in [-0.25, -0.2) is 0 Å². The molecule has 0 aliphatic heterocycles. The van der Waals surface area contributed by atoms with Gasteiger partial charge in [0.05, 0.1) is 16.7 Å². The van der Waals surface area contributed by atoms with Crippen molar-refractivity contribution >= 4 is 11.6 Å². The number of nitrogen functional groups attached to an aromatic ring is 1. The third kappa shape index (κ3) is 1.64. The lowest BCUT2D eigenvalue weighted by Gasteiger charge is -1.97. The molecule has 0 saturated carbocycles.